The molecule has 9 N–H and O–H groups in total. The number of ketones is 2. The summed E-state index contributed by atoms with van der Waals surface area (Å²) in [6.45, 7) is 5.93. The summed E-state index contributed by atoms with van der Waals surface area (Å²) in [4.78, 5) is 107. The van der Waals surface area contributed by atoms with Crippen LogP contribution in [-0.4, -0.2) is 88.5 Å². The number of aliphatic hydroxyl groups is 1. The number of rotatable bonds is 21. The number of halogens is 1. The number of primary amides is 1. The van der Waals surface area contributed by atoms with E-state index in [0.717, 1.165) is 5.56 Å². The summed E-state index contributed by atoms with van der Waals surface area (Å²) in [7, 11) is 0. The number of nitrogens with zero attached hydrogens (tertiary/aromatic N) is 2. The number of ether oxygens (including phenoxy) is 3. The number of carbonyl (C=O) groups excluding carboxylic acids is 7. The maximum Gasteiger partial charge on any atom is 0.407 e. The Labute approximate surface area is 407 Å². The number of fused-ring (bicyclic) bond motifs is 5. The minimum Gasteiger partial charge on any atom is -0.458 e. The maximum atomic E-state index is 15.3. The number of carbonyl (C=O) groups is 7. The molecule has 0 fully saturated rings. The molecule has 4 heterocycles. The van der Waals surface area contributed by atoms with Gasteiger partial charge in [0, 0.05) is 53.6 Å². The SMILES string of the molecule is CC[C@@]1(O)C(=O)OCc2c1cc1n(c2=O)Cc2c-1nc1cc(F)c(C)c3c1c2[C@@H](NC(=O)COCCC(=O)CNC(=O)OCc1ccc(NC(=O)[C@H](CCCNC(N)=O)CC(=O)[C@@H](N)C(C)C)cc1)CC3. The smallest absolute Gasteiger partial charge is 0.407 e. The fraction of sp³-hybridized carbons (Fsp3) is 0.460. The molecule has 0 saturated heterocycles. The number of benzene rings is 2. The van der Waals surface area contributed by atoms with Crippen molar-refractivity contribution < 1.29 is 57.3 Å². The predicted molar refractivity (Wildman–Crippen MR) is 255 cm³/mol. The summed E-state index contributed by atoms with van der Waals surface area (Å²) < 4.78 is 32.8. The molecule has 0 bridgehead atoms. The number of amides is 5. The van der Waals surface area contributed by atoms with E-state index in [9.17, 15) is 43.5 Å². The molecule has 71 heavy (non-hydrogen) atoms. The van der Waals surface area contributed by atoms with Crippen LogP contribution in [0, 0.1) is 24.6 Å². The van der Waals surface area contributed by atoms with Crippen LogP contribution in [0.1, 0.15) is 104 Å². The van der Waals surface area contributed by atoms with E-state index >= 15 is 4.39 Å². The molecule has 4 atom stereocenters. The quantitative estimate of drug-likeness (QED) is 0.0409. The van der Waals surface area contributed by atoms with Crippen molar-refractivity contribution in [1.82, 2.24) is 25.5 Å². The number of aromatic nitrogens is 2. The molecule has 5 amide bonds. The van der Waals surface area contributed by atoms with Gasteiger partial charge in [0.2, 0.25) is 11.8 Å². The highest BCUT2D eigenvalue weighted by Gasteiger charge is 2.46. The van der Waals surface area contributed by atoms with E-state index in [1.54, 1.807) is 44.2 Å². The molecule has 378 valence electrons. The molecule has 0 spiro atoms. The van der Waals surface area contributed by atoms with Gasteiger partial charge in [0.25, 0.3) is 5.56 Å². The minimum absolute atomic E-state index is 0.0350. The lowest BCUT2D eigenvalue weighted by atomic mass is 9.81. The highest BCUT2D eigenvalue weighted by molar-refractivity contribution is 5.97. The van der Waals surface area contributed by atoms with Gasteiger partial charge >= 0.3 is 18.1 Å². The second kappa shape index (κ2) is 21.9. The Kier molecular flexibility index (Phi) is 16.0. The Balaban J connectivity index is 0.885. The molecule has 20 nitrogen and oxygen atoms in total. The molecule has 21 heteroatoms. The minimum atomic E-state index is -2.03. The topological polar surface area (TPSA) is 302 Å². The average molecular weight is 983 g/mol. The number of nitrogens with two attached hydrogens (primary N) is 2. The van der Waals surface area contributed by atoms with E-state index in [1.807, 2.05) is 13.8 Å². The van der Waals surface area contributed by atoms with Gasteiger partial charge in [0.1, 0.15) is 25.6 Å². The van der Waals surface area contributed by atoms with Gasteiger partial charge in [-0.05, 0) is 85.4 Å². The lowest BCUT2D eigenvalue weighted by molar-refractivity contribution is -0.172. The third-order valence-electron chi connectivity index (χ3n) is 13.4. The first-order valence-corrected chi connectivity index (χ1v) is 23.6. The molecule has 2 aliphatic heterocycles. The Hall–Kier alpha value is -7.10. The van der Waals surface area contributed by atoms with E-state index in [1.165, 1.54) is 10.6 Å². The van der Waals surface area contributed by atoms with Crippen LogP contribution in [0.2, 0.25) is 0 Å². The highest BCUT2D eigenvalue weighted by Crippen LogP contribution is 2.46. The van der Waals surface area contributed by atoms with Crippen LogP contribution in [0.25, 0.3) is 22.3 Å². The van der Waals surface area contributed by atoms with Crippen molar-refractivity contribution in [2.45, 2.75) is 110 Å². The van der Waals surface area contributed by atoms with Crippen LogP contribution >= 0.6 is 0 Å². The van der Waals surface area contributed by atoms with Crippen LogP contribution in [0.4, 0.5) is 19.7 Å². The number of anilines is 1. The zero-order chi connectivity index (χ0) is 51.3. The van der Waals surface area contributed by atoms with Crippen molar-refractivity contribution in [3.05, 3.63) is 91.5 Å². The fourth-order valence-corrected chi connectivity index (χ4v) is 9.31. The monoisotopic (exact) mass is 982 g/mol. The van der Waals surface area contributed by atoms with Crippen LogP contribution in [0.3, 0.4) is 0 Å². The lowest BCUT2D eigenvalue weighted by Gasteiger charge is -2.31. The Morgan fingerprint density at radius 2 is 1.80 bits per heavy atom. The van der Waals surface area contributed by atoms with Crippen molar-refractivity contribution in [2.75, 3.05) is 31.6 Å². The number of aryl methyl sites for hydroxylation is 1. The van der Waals surface area contributed by atoms with Gasteiger partial charge in [-0.1, -0.05) is 32.9 Å². The summed E-state index contributed by atoms with van der Waals surface area (Å²) in [5.74, 6) is -3.62. The molecule has 1 aliphatic carbocycles. The van der Waals surface area contributed by atoms with E-state index < -0.39 is 71.5 Å². The molecule has 3 aliphatic rings. The molecular formula is C50H59FN8O12. The van der Waals surface area contributed by atoms with Gasteiger partial charge in [-0.2, -0.15) is 0 Å². The van der Waals surface area contributed by atoms with Gasteiger partial charge in [0.05, 0.1) is 54.2 Å². The van der Waals surface area contributed by atoms with Crippen molar-refractivity contribution in [3.8, 4) is 11.4 Å². The molecular weight excluding hydrogens is 924 g/mol. The number of pyridine rings is 2. The Morgan fingerprint density at radius 1 is 1.06 bits per heavy atom. The van der Waals surface area contributed by atoms with Crippen molar-refractivity contribution in [1.29, 1.82) is 0 Å². The average Bonchev–Trinajstić information content (AvgIpc) is 3.71. The zero-order valence-electron chi connectivity index (χ0n) is 40.0. The largest absolute Gasteiger partial charge is 0.458 e. The molecule has 0 radical (unpaired) electrons. The number of alkyl carbamates (subject to hydrolysis) is 1. The molecule has 2 aromatic heterocycles. The number of cyclic esters (lactones) is 1. The Bertz CT molecular complexity index is 2850. The Morgan fingerprint density at radius 3 is 2.51 bits per heavy atom. The molecule has 7 rings (SSSR count). The summed E-state index contributed by atoms with van der Waals surface area (Å²) in [5.41, 5.74) is 13.6. The molecule has 0 unspecified atom stereocenters. The van der Waals surface area contributed by atoms with Crippen LogP contribution in [0.5, 0.6) is 0 Å². The summed E-state index contributed by atoms with van der Waals surface area (Å²) in [6, 6.07) is 7.39. The zero-order valence-corrected chi connectivity index (χ0v) is 40.0. The number of Topliss-reactive ketones (excluding diaryl/α,β-unsaturated/α-hetero) is 2. The number of urea groups is 1. The van der Waals surface area contributed by atoms with Gasteiger partial charge in [-0.25, -0.2) is 23.8 Å². The second-order valence-corrected chi connectivity index (χ2v) is 18.5. The summed E-state index contributed by atoms with van der Waals surface area (Å²) in [5, 5.41) is 22.7. The van der Waals surface area contributed by atoms with Gasteiger partial charge in [-0.3, -0.25) is 24.0 Å². The van der Waals surface area contributed by atoms with E-state index in [-0.39, 0.29) is 87.3 Å². The van der Waals surface area contributed by atoms with Crippen LogP contribution in [0.15, 0.2) is 41.2 Å². The van der Waals surface area contributed by atoms with Crippen molar-refractivity contribution >= 4 is 58.1 Å². The first-order chi connectivity index (χ1) is 33.8. The third-order valence-corrected chi connectivity index (χ3v) is 13.4. The van der Waals surface area contributed by atoms with E-state index in [2.05, 4.69) is 21.3 Å². The van der Waals surface area contributed by atoms with Crippen LogP contribution in [-0.2, 0) is 70.0 Å². The summed E-state index contributed by atoms with van der Waals surface area (Å²) >= 11 is 0. The van der Waals surface area contributed by atoms with Gasteiger partial charge in [0.15, 0.2) is 17.2 Å². The van der Waals surface area contributed by atoms with Gasteiger partial charge in [-0.15, -0.1) is 0 Å². The predicted octanol–water partition coefficient (Wildman–Crippen LogP) is 3.48. The number of esters is 1. The normalized spacial score (nSPS) is 17.3. The van der Waals surface area contributed by atoms with E-state index in [4.69, 9.17) is 30.7 Å². The van der Waals surface area contributed by atoms with E-state index in [0.29, 0.717) is 75.9 Å². The number of hydrogen-bond donors (Lipinski definition) is 7. The number of hydrogen-bond acceptors (Lipinski definition) is 14. The fourth-order valence-electron chi connectivity index (χ4n) is 9.31. The van der Waals surface area contributed by atoms with Crippen LogP contribution < -0.4 is 38.3 Å². The highest BCUT2D eigenvalue weighted by atomic mass is 19.1. The number of nitrogens with one attached hydrogen (secondary N) is 4. The van der Waals surface area contributed by atoms with Crippen molar-refractivity contribution in [2.24, 2.45) is 23.3 Å². The third kappa shape index (κ3) is 11.3. The second-order valence-electron chi connectivity index (χ2n) is 18.5. The molecule has 2 aromatic carbocycles. The molecule has 4 aromatic rings. The lowest BCUT2D eigenvalue weighted by Crippen LogP contribution is -2.44. The first-order valence-electron chi connectivity index (χ1n) is 23.6. The first kappa shape index (κ1) is 51.7. The van der Waals surface area contributed by atoms with Crippen molar-refractivity contribution in [3.63, 3.8) is 0 Å². The summed E-state index contributed by atoms with van der Waals surface area (Å²) in [6.07, 6.45) is 0.472. The molecule has 0 saturated carbocycles. The standard InChI is InChI=1S/C50H59FN8O12/c1-5-50(68)34-18-38-44-32(21-59(38)46(64)33(34)23-70-47(50)65)42-36(13-12-31-26(4)35(51)19-37(58-44)41(31)42)57-40(62)24-69-16-14-30(60)20-55-49(67)71-22-27-8-10-29(11-9-27)56-45(63)28(7-6-15-54-48(53)66)17-39(61)43(52)25(2)3/h8-11,18-19,25,28,36,43,68H,5-7,12-17,20-24,52H2,1-4H3,(H,55,67)(H,56,63)(H,57,62)(H3,53,54,66)/t28-,36+,43+,50+/m1/s1. The maximum absolute atomic E-state index is 15.3. The van der Waals surface area contributed by atoms with Gasteiger partial charge < -0.3 is 56.6 Å².